The van der Waals surface area contributed by atoms with E-state index < -0.39 is 16.6 Å². The van der Waals surface area contributed by atoms with Crippen molar-refractivity contribution >= 4 is 22.4 Å². The molecule has 0 radical (unpaired) electrons. The maximum atomic E-state index is 12.7. The van der Waals surface area contributed by atoms with Gasteiger partial charge < -0.3 is 10.5 Å². The van der Waals surface area contributed by atoms with Gasteiger partial charge in [-0.2, -0.15) is 13.1 Å². The molecule has 0 amide bonds. The Labute approximate surface area is 141 Å². The van der Waals surface area contributed by atoms with E-state index in [2.05, 4.69) is 4.74 Å². The van der Waals surface area contributed by atoms with E-state index in [4.69, 9.17) is 5.73 Å². The third kappa shape index (κ3) is 4.76. The maximum Gasteiger partial charge on any atom is 0.387 e. The molecule has 23 heavy (non-hydrogen) atoms. The fourth-order valence-corrected chi connectivity index (χ4v) is 4.27. The molecule has 132 valence electrons. The monoisotopic (exact) mass is 370 g/mol. The van der Waals surface area contributed by atoms with Crippen LogP contribution in [0.2, 0.25) is 0 Å². The molecule has 9 heteroatoms. The molecule has 1 fully saturated rings. The molecule has 0 aliphatic carbocycles. The van der Waals surface area contributed by atoms with Gasteiger partial charge >= 0.3 is 6.61 Å². The summed E-state index contributed by atoms with van der Waals surface area (Å²) in [4.78, 5) is -0.236. The van der Waals surface area contributed by atoms with Crippen molar-refractivity contribution in [1.82, 2.24) is 4.31 Å². The van der Waals surface area contributed by atoms with E-state index in [1.54, 1.807) is 0 Å². The van der Waals surface area contributed by atoms with Gasteiger partial charge in [-0.3, -0.25) is 0 Å². The Kier molecular flexibility index (Phi) is 7.19. The molecule has 1 aromatic rings. The highest BCUT2D eigenvalue weighted by atomic mass is 35.5. The lowest BCUT2D eigenvalue weighted by Gasteiger charge is -2.34. The van der Waals surface area contributed by atoms with E-state index >= 15 is 0 Å². The number of nitrogens with two attached hydrogens (primary N) is 1. The average Bonchev–Trinajstić information content (AvgIpc) is 2.47. The van der Waals surface area contributed by atoms with Crippen molar-refractivity contribution in [1.29, 1.82) is 0 Å². The first-order valence-electron chi connectivity index (χ1n) is 7.12. The fraction of sp³-hybridized carbons (Fsp3) is 0.571. The highest BCUT2D eigenvalue weighted by molar-refractivity contribution is 7.89. The SMILES string of the molecule is CC(N)C1CCCN(S(=O)(=O)c2ccccc2OC(F)F)C1.Cl. The zero-order chi connectivity index (χ0) is 16.3. The normalized spacial score (nSPS) is 20.8. The Morgan fingerprint density at radius 3 is 2.61 bits per heavy atom. The molecule has 1 saturated heterocycles. The summed E-state index contributed by atoms with van der Waals surface area (Å²) < 4.78 is 56.0. The molecule has 2 N–H and O–H groups in total. The van der Waals surface area contributed by atoms with Crippen LogP contribution >= 0.6 is 12.4 Å². The van der Waals surface area contributed by atoms with Gasteiger partial charge in [0.1, 0.15) is 10.6 Å². The van der Waals surface area contributed by atoms with Crippen LogP contribution in [0.15, 0.2) is 29.2 Å². The number of sulfonamides is 1. The summed E-state index contributed by atoms with van der Waals surface area (Å²) in [6.07, 6.45) is 1.56. The summed E-state index contributed by atoms with van der Waals surface area (Å²) in [6, 6.07) is 5.33. The van der Waals surface area contributed by atoms with E-state index in [1.807, 2.05) is 6.92 Å². The number of hydrogen-bond donors (Lipinski definition) is 1. The second kappa shape index (κ2) is 8.23. The Morgan fingerprint density at radius 2 is 2.00 bits per heavy atom. The minimum absolute atomic E-state index is 0. The number of halogens is 3. The van der Waals surface area contributed by atoms with Crippen molar-refractivity contribution in [3.8, 4) is 5.75 Å². The lowest BCUT2D eigenvalue weighted by Crippen LogP contribution is -2.45. The van der Waals surface area contributed by atoms with Crippen LogP contribution in [0.1, 0.15) is 19.8 Å². The molecule has 2 atom stereocenters. The molecular weight excluding hydrogens is 350 g/mol. The van der Waals surface area contributed by atoms with E-state index in [0.717, 1.165) is 6.42 Å². The first kappa shape index (κ1) is 20.1. The van der Waals surface area contributed by atoms with Crippen molar-refractivity contribution in [2.45, 2.75) is 37.3 Å². The van der Waals surface area contributed by atoms with Gasteiger partial charge in [-0.1, -0.05) is 12.1 Å². The number of hydrogen-bond acceptors (Lipinski definition) is 4. The van der Waals surface area contributed by atoms with Crippen molar-refractivity contribution in [3.05, 3.63) is 24.3 Å². The van der Waals surface area contributed by atoms with Crippen LogP contribution in [0.3, 0.4) is 0 Å². The second-order valence-electron chi connectivity index (χ2n) is 5.45. The van der Waals surface area contributed by atoms with Crippen molar-refractivity contribution in [3.63, 3.8) is 0 Å². The molecule has 5 nitrogen and oxygen atoms in total. The minimum atomic E-state index is -3.89. The van der Waals surface area contributed by atoms with E-state index in [0.29, 0.717) is 19.5 Å². The van der Waals surface area contributed by atoms with Crippen LogP contribution in [0.4, 0.5) is 8.78 Å². The summed E-state index contributed by atoms with van der Waals surface area (Å²) in [5.41, 5.74) is 5.86. The van der Waals surface area contributed by atoms with Gasteiger partial charge in [0.2, 0.25) is 10.0 Å². The first-order chi connectivity index (χ1) is 10.3. The molecule has 2 rings (SSSR count). The van der Waals surface area contributed by atoms with Gasteiger partial charge in [-0.05, 0) is 37.8 Å². The van der Waals surface area contributed by atoms with E-state index in [9.17, 15) is 17.2 Å². The van der Waals surface area contributed by atoms with Gasteiger partial charge in [0.25, 0.3) is 0 Å². The molecule has 0 bridgehead atoms. The quantitative estimate of drug-likeness (QED) is 0.864. The van der Waals surface area contributed by atoms with Gasteiger partial charge in [0, 0.05) is 19.1 Å². The van der Waals surface area contributed by atoms with Gasteiger partial charge in [-0.15, -0.1) is 12.4 Å². The summed E-state index contributed by atoms with van der Waals surface area (Å²) in [6.45, 7) is -0.582. The zero-order valence-electron chi connectivity index (χ0n) is 12.7. The van der Waals surface area contributed by atoms with E-state index in [1.165, 1.54) is 28.6 Å². The standard InChI is InChI=1S/C14H20F2N2O3S.ClH/c1-10(17)11-5-4-8-18(9-11)22(19,20)13-7-3-2-6-12(13)21-14(15)16;/h2-3,6-7,10-11,14H,4-5,8-9,17H2,1H3;1H. The molecule has 0 spiro atoms. The topological polar surface area (TPSA) is 72.6 Å². The average molecular weight is 371 g/mol. The highest BCUT2D eigenvalue weighted by Gasteiger charge is 2.33. The summed E-state index contributed by atoms with van der Waals surface area (Å²) in [5, 5.41) is 0. The van der Waals surface area contributed by atoms with Crippen LogP contribution in [0.25, 0.3) is 0 Å². The highest BCUT2D eigenvalue weighted by Crippen LogP contribution is 2.31. The number of piperidine rings is 1. The number of benzene rings is 1. The van der Waals surface area contributed by atoms with Gasteiger partial charge in [0.05, 0.1) is 0 Å². The first-order valence-corrected chi connectivity index (χ1v) is 8.56. The van der Waals surface area contributed by atoms with Crippen LogP contribution in [0.5, 0.6) is 5.75 Å². The summed E-state index contributed by atoms with van der Waals surface area (Å²) in [7, 11) is -3.89. The molecule has 1 heterocycles. The fourth-order valence-electron chi connectivity index (χ4n) is 2.62. The molecule has 0 aromatic heterocycles. The number of alkyl halides is 2. The predicted molar refractivity (Wildman–Crippen MR) is 85.5 cm³/mol. The van der Waals surface area contributed by atoms with Crippen molar-refractivity contribution in [2.75, 3.05) is 13.1 Å². The Hall–Kier alpha value is -0.960. The number of rotatable bonds is 5. The number of nitrogens with zero attached hydrogens (tertiary/aromatic N) is 1. The third-order valence-electron chi connectivity index (χ3n) is 3.85. The zero-order valence-corrected chi connectivity index (χ0v) is 14.3. The largest absolute Gasteiger partial charge is 0.433 e. The molecule has 1 aliphatic rings. The Balaban J connectivity index is 0.00000264. The molecule has 2 unspecified atom stereocenters. The minimum Gasteiger partial charge on any atom is -0.433 e. The number of ether oxygens (including phenoxy) is 1. The van der Waals surface area contributed by atoms with Crippen LogP contribution < -0.4 is 10.5 Å². The van der Waals surface area contributed by atoms with Gasteiger partial charge in [-0.25, -0.2) is 8.42 Å². The lowest BCUT2D eigenvalue weighted by atomic mass is 9.93. The molecule has 0 saturated carbocycles. The van der Waals surface area contributed by atoms with Crippen molar-refractivity contribution in [2.24, 2.45) is 11.7 Å². The number of para-hydroxylation sites is 1. The Bertz CT molecular complexity index is 614. The third-order valence-corrected chi connectivity index (χ3v) is 5.75. The Morgan fingerprint density at radius 1 is 1.35 bits per heavy atom. The predicted octanol–water partition coefficient (Wildman–Crippen LogP) is 2.46. The molecule has 1 aliphatic heterocycles. The van der Waals surface area contributed by atoms with Crippen LogP contribution in [-0.2, 0) is 10.0 Å². The second-order valence-corrected chi connectivity index (χ2v) is 7.36. The van der Waals surface area contributed by atoms with Crippen LogP contribution in [-0.4, -0.2) is 38.5 Å². The molecular formula is C14H21ClF2N2O3S. The molecule has 1 aromatic carbocycles. The lowest BCUT2D eigenvalue weighted by molar-refractivity contribution is -0.0518. The smallest absolute Gasteiger partial charge is 0.387 e. The summed E-state index contributed by atoms with van der Waals surface area (Å²) >= 11 is 0. The van der Waals surface area contributed by atoms with Crippen LogP contribution in [0, 0.1) is 5.92 Å². The van der Waals surface area contributed by atoms with Crippen molar-refractivity contribution < 1.29 is 21.9 Å². The maximum absolute atomic E-state index is 12.7. The summed E-state index contributed by atoms with van der Waals surface area (Å²) in [5.74, 6) is -0.271. The van der Waals surface area contributed by atoms with Gasteiger partial charge in [0.15, 0.2) is 0 Å². The van der Waals surface area contributed by atoms with E-state index in [-0.39, 0.29) is 35.0 Å².